The predicted molar refractivity (Wildman–Crippen MR) is 90.3 cm³/mol. The molecule has 4 nitrogen and oxygen atoms in total. The quantitative estimate of drug-likeness (QED) is 0.780. The van der Waals surface area contributed by atoms with Crippen molar-refractivity contribution >= 4 is 11.3 Å². The lowest BCUT2D eigenvalue weighted by atomic mass is 10.1. The molecule has 0 spiro atoms. The van der Waals surface area contributed by atoms with Crippen molar-refractivity contribution in [2.24, 2.45) is 0 Å². The molecule has 0 radical (unpaired) electrons. The van der Waals surface area contributed by atoms with Crippen molar-refractivity contribution in [2.45, 2.75) is 57.2 Å². The lowest BCUT2D eigenvalue weighted by molar-refractivity contribution is -0.153. The summed E-state index contributed by atoms with van der Waals surface area (Å²) in [4.78, 5) is 7.73. The maximum Gasteiger partial charge on any atom is 0.422 e. The first-order chi connectivity index (χ1) is 12.0. The molecule has 0 unspecified atom stereocenters. The zero-order chi connectivity index (χ0) is 17.7. The molecule has 0 saturated carbocycles. The highest BCUT2D eigenvalue weighted by Crippen LogP contribution is 2.29. The van der Waals surface area contributed by atoms with E-state index in [2.05, 4.69) is 9.88 Å². The largest absolute Gasteiger partial charge is 0.460 e. The summed E-state index contributed by atoms with van der Waals surface area (Å²) in [5, 5.41) is 0.141. The van der Waals surface area contributed by atoms with Crippen molar-refractivity contribution in [3.05, 3.63) is 10.6 Å². The molecule has 2 aliphatic heterocycles. The van der Waals surface area contributed by atoms with Crippen molar-refractivity contribution in [2.75, 3.05) is 32.8 Å². The van der Waals surface area contributed by atoms with Crippen LogP contribution in [0.1, 0.15) is 42.7 Å². The molecule has 1 aromatic heterocycles. The Balaban J connectivity index is 1.45. The van der Waals surface area contributed by atoms with Gasteiger partial charge in [0, 0.05) is 37.5 Å². The minimum atomic E-state index is -4.32. The van der Waals surface area contributed by atoms with Gasteiger partial charge in [-0.2, -0.15) is 13.2 Å². The fraction of sp³-hybridized carbons (Fsp3) is 0.824. The molecule has 3 heterocycles. The first-order valence-electron chi connectivity index (χ1n) is 9.02. The van der Waals surface area contributed by atoms with Gasteiger partial charge in [0.1, 0.15) is 0 Å². The maximum atomic E-state index is 12.2. The average molecular weight is 378 g/mol. The van der Waals surface area contributed by atoms with E-state index < -0.39 is 12.8 Å². The summed E-state index contributed by atoms with van der Waals surface area (Å²) in [6, 6.07) is 0. The molecule has 1 fully saturated rings. The Bertz CT molecular complexity index is 517. The zero-order valence-electron chi connectivity index (χ0n) is 14.3. The summed E-state index contributed by atoms with van der Waals surface area (Å²) < 4.78 is 47.4. The summed E-state index contributed by atoms with van der Waals surface area (Å²) in [7, 11) is 0. The topological polar surface area (TPSA) is 34.6 Å². The van der Waals surface area contributed by atoms with E-state index in [0.29, 0.717) is 6.10 Å². The van der Waals surface area contributed by atoms with E-state index in [1.54, 1.807) is 0 Å². The van der Waals surface area contributed by atoms with E-state index in [1.807, 2.05) is 0 Å². The number of alkyl halides is 3. The van der Waals surface area contributed by atoms with Gasteiger partial charge < -0.3 is 14.4 Å². The van der Waals surface area contributed by atoms with Crippen LogP contribution >= 0.6 is 11.3 Å². The van der Waals surface area contributed by atoms with Gasteiger partial charge >= 0.3 is 6.18 Å². The minimum Gasteiger partial charge on any atom is -0.460 e. The second kappa shape index (κ2) is 8.68. The van der Waals surface area contributed by atoms with E-state index >= 15 is 0 Å². The number of fused-ring (bicyclic) bond motifs is 1. The van der Waals surface area contributed by atoms with Gasteiger partial charge in [0.15, 0.2) is 6.61 Å². The third kappa shape index (κ3) is 6.11. The van der Waals surface area contributed by atoms with E-state index in [4.69, 9.17) is 9.47 Å². The van der Waals surface area contributed by atoms with E-state index in [9.17, 15) is 13.2 Å². The standard InChI is InChI=1S/C17H25F3N2O2S/c18-17(19,20)12-24-16-21-14-6-9-22(10-7-15(14)25-16)8-5-13-4-2-1-3-11-23-13/h13H,1-12H2/t13-/m1/s1. The molecule has 2 aliphatic rings. The zero-order valence-corrected chi connectivity index (χ0v) is 15.1. The number of aromatic nitrogens is 1. The summed E-state index contributed by atoms with van der Waals surface area (Å²) >= 11 is 1.26. The second-order valence-electron chi connectivity index (χ2n) is 6.73. The fourth-order valence-electron chi connectivity index (χ4n) is 3.35. The van der Waals surface area contributed by atoms with Gasteiger partial charge in [0.25, 0.3) is 5.19 Å². The van der Waals surface area contributed by atoms with Gasteiger partial charge in [-0.15, -0.1) is 0 Å². The minimum absolute atomic E-state index is 0.141. The summed E-state index contributed by atoms with van der Waals surface area (Å²) in [5.74, 6) is 0. The maximum absolute atomic E-state index is 12.2. The van der Waals surface area contributed by atoms with Crippen molar-refractivity contribution in [1.29, 1.82) is 0 Å². The van der Waals surface area contributed by atoms with Crippen LogP contribution in [0, 0.1) is 0 Å². The van der Waals surface area contributed by atoms with Crippen LogP contribution in [0.3, 0.4) is 0 Å². The molecular weight excluding hydrogens is 353 g/mol. The number of hydrogen-bond acceptors (Lipinski definition) is 5. The van der Waals surface area contributed by atoms with Crippen LogP contribution in [-0.2, 0) is 17.6 Å². The highest BCUT2D eigenvalue weighted by molar-refractivity contribution is 7.13. The molecule has 1 atom stereocenters. The van der Waals surface area contributed by atoms with Gasteiger partial charge in [0.2, 0.25) is 0 Å². The number of ether oxygens (including phenoxy) is 2. The molecule has 0 aliphatic carbocycles. The van der Waals surface area contributed by atoms with Crippen LogP contribution in [0.15, 0.2) is 0 Å². The number of hydrogen-bond donors (Lipinski definition) is 0. The van der Waals surface area contributed by atoms with Crippen LogP contribution in [0.4, 0.5) is 13.2 Å². The highest BCUT2D eigenvalue weighted by Gasteiger charge is 2.29. The summed E-state index contributed by atoms with van der Waals surface area (Å²) in [6.07, 6.45) is 3.56. The average Bonchev–Trinajstić information content (AvgIpc) is 2.73. The van der Waals surface area contributed by atoms with Crippen molar-refractivity contribution in [3.63, 3.8) is 0 Å². The predicted octanol–water partition coefficient (Wildman–Crippen LogP) is 3.83. The molecule has 0 aromatic carbocycles. The van der Waals surface area contributed by atoms with Gasteiger partial charge in [0.05, 0.1) is 11.8 Å². The Morgan fingerprint density at radius 1 is 1.20 bits per heavy atom. The molecular formula is C17H25F3N2O2S. The Kier molecular flexibility index (Phi) is 6.57. The molecule has 8 heteroatoms. The van der Waals surface area contributed by atoms with E-state index in [1.165, 1.54) is 30.6 Å². The highest BCUT2D eigenvalue weighted by atomic mass is 32.1. The molecule has 142 valence electrons. The van der Waals surface area contributed by atoms with Gasteiger partial charge in [-0.05, 0) is 25.7 Å². The van der Waals surface area contributed by atoms with E-state index in [-0.39, 0.29) is 5.19 Å². The smallest absolute Gasteiger partial charge is 0.422 e. The molecule has 25 heavy (non-hydrogen) atoms. The van der Waals surface area contributed by atoms with Gasteiger partial charge in [-0.25, -0.2) is 4.98 Å². The molecule has 1 saturated heterocycles. The van der Waals surface area contributed by atoms with Crippen molar-refractivity contribution < 1.29 is 22.6 Å². The molecule has 0 N–H and O–H groups in total. The van der Waals surface area contributed by atoms with Crippen LogP contribution in [0.5, 0.6) is 5.19 Å². The van der Waals surface area contributed by atoms with Crippen LogP contribution < -0.4 is 4.74 Å². The van der Waals surface area contributed by atoms with Crippen molar-refractivity contribution in [1.82, 2.24) is 9.88 Å². The van der Waals surface area contributed by atoms with Crippen LogP contribution in [0.25, 0.3) is 0 Å². The molecule has 0 amide bonds. The van der Waals surface area contributed by atoms with Gasteiger partial charge in [-0.1, -0.05) is 24.2 Å². The first kappa shape index (κ1) is 18.9. The summed E-state index contributed by atoms with van der Waals surface area (Å²) in [6.45, 7) is 2.43. The van der Waals surface area contributed by atoms with Gasteiger partial charge in [-0.3, -0.25) is 0 Å². The summed E-state index contributed by atoms with van der Waals surface area (Å²) in [5.41, 5.74) is 0.899. The molecule has 3 rings (SSSR count). The third-order valence-corrected chi connectivity index (χ3v) is 5.80. The van der Waals surface area contributed by atoms with Crippen LogP contribution in [-0.4, -0.2) is 55.0 Å². The lowest BCUT2D eigenvalue weighted by Crippen LogP contribution is -2.30. The number of halogens is 3. The SMILES string of the molecule is FC(F)(F)COc1nc2c(s1)CCN(CC[C@H]1CCCCCO1)CC2. The second-order valence-corrected chi connectivity index (χ2v) is 7.77. The first-order valence-corrected chi connectivity index (χ1v) is 9.83. The Hall–Kier alpha value is -0.860. The Morgan fingerprint density at radius 2 is 2.04 bits per heavy atom. The number of rotatable bonds is 5. The fourth-order valence-corrected chi connectivity index (χ4v) is 4.30. The number of nitrogens with zero attached hydrogens (tertiary/aromatic N) is 2. The van der Waals surface area contributed by atoms with Crippen LogP contribution in [0.2, 0.25) is 0 Å². The monoisotopic (exact) mass is 378 g/mol. The Labute approximate surface area is 150 Å². The van der Waals surface area contributed by atoms with Crippen molar-refractivity contribution in [3.8, 4) is 5.19 Å². The Morgan fingerprint density at radius 3 is 2.88 bits per heavy atom. The lowest BCUT2D eigenvalue weighted by Gasteiger charge is -2.23. The van der Waals surface area contributed by atoms with E-state index in [0.717, 1.165) is 62.5 Å². The number of thiazole rings is 1. The third-order valence-electron chi connectivity index (χ3n) is 4.73. The molecule has 1 aromatic rings. The normalized spacial score (nSPS) is 22.9. The molecule has 0 bridgehead atoms.